The maximum atomic E-state index is 5.66. The van der Waals surface area contributed by atoms with Crippen molar-refractivity contribution in [1.82, 2.24) is 0 Å². The van der Waals surface area contributed by atoms with Gasteiger partial charge in [0.15, 0.2) is 6.29 Å². The molecule has 2 nitrogen and oxygen atoms in total. The Labute approximate surface area is 79.0 Å². The van der Waals surface area contributed by atoms with E-state index in [2.05, 4.69) is 20.8 Å². The summed E-state index contributed by atoms with van der Waals surface area (Å²) in [5.74, 6) is 0. The second kappa shape index (κ2) is 5.10. The Hall–Kier alpha value is 0.270. The van der Waals surface area contributed by atoms with E-state index in [9.17, 15) is 0 Å². The summed E-state index contributed by atoms with van der Waals surface area (Å²) in [6, 6.07) is 0. The van der Waals surface area contributed by atoms with Crippen LogP contribution in [0.2, 0.25) is 0 Å². The van der Waals surface area contributed by atoms with Crippen molar-refractivity contribution in [2.75, 3.05) is 0 Å². The molecule has 0 radical (unpaired) electrons. The van der Waals surface area contributed by atoms with Crippen LogP contribution in [0.4, 0.5) is 0 Å². The van der Waals surface area contributed by atoms with Crippen molar-refractivity contribution in [3.63, 3.8) is 0 Å². The van der Waals surface area contributed by atoms with E-state index in [0.717, 1.165) is 19.3 Å². The first-order valence-electron chi connectivity index (χ1n) is 4.76. The Morgan fingerprint density at radius 3 is 1.75 bits per heavy atom. The molecule has 1 aliphatic rings. The van der Waals surface area contributed by atoms with E-state index in [1.54, 1.807) is 11.8 Å². The monoisotopic (exact) mass is 190 g/mol. The zero-order valence-corrected chi connectivity index (χ0v) is 8.89. The molecule has 72 valence electrons. The van der Waals surface area contributed by atoms with Gasteiger partial charge >= 0.3 is 0 Å². The van der Waals surface area contributed by atoms with Gasteiger partial charge in [0.05, 0.1) is 0 Å². The SMILES string of the molecule is CCC1OC(CC)SC(CC)O1. The van der Waals surface area contributed by atoms with Crippen molar-refractivity contribution < 1.29 is 9.47 Å². The van der Waals surface area contributed by atoms with Crippen molar-refractivity contribution in [2.24, 2.45) is 0 Å². The molecule has 0 saturated carbocycles. The first-order chi connectivity index (χ1) is 5.80. The van der Waals surface area contributed by atoms with E-state index in [-0.39, 0.29) is 6.29 Å². The molecule has 1 aliphatic heterocycles. The lowest BCUT2D eigenvalue weighted by molar-refractivity contribution is -0.174. The second-order valence-electron chi connectivity index (χ2n) is 2.92. The molecular weight excluding hydrogens is 172 g/mol. The first-order valence-corrected chi connectivity index (χ1v) is 5.70. The Balaban J connectivity index is 2.41. The topological polar surface area (TPSA) is 18.5 Å². The van der Waals surface area contributed by atoms with Crippen LogP contribution < -0.4 is 0 Å². The van der Waals surface area contributed by atoms with Crippen LogP contribution in [-0.2, 0) is 9.47 Å². The van der Waals surface area contributed by atoms with Gasteiger partial charge in [-0.1, -0.05) is 32.5 Å². The Kier molecular flexibility index (Phi) is 4.40. The van der Waals surface area contributed by atoms with E-state index >= 15 is 0 Å². The number of hydrogen-bond acceptors (Lipinski definition) is 3. The highest BCUT2D eigenvalue weighted by molar-refractivity contribution is 8.00. The van der Waals surface area contributed by atoms with Crippen molar-refractivity contribution in [2.45, 2.75) is 57.2 Å². The molecule has 1 heterocycles. The minimum absolute atomic E-state index is 0.0288. The highest BCUT2D eigenvalue weighted by Gasteiger charge is 2.27. The molecular formula is C9H18O2S. The maximum absolute atomic E-state index is 5.66. The summed E-state index contributed by atoms with van der Waals surface area (Å²) in [5.41, 5.74) is 0.683. The lowest BCUT2D eigenvalue weighted by Crippen LogP contribution is -2.33. The molecule has 3 heteroatoms. The molecule has 0 amide bonds. The van der Waals surface area contributed by atoms with Gasteiger partial charge in [-0.05, 0) is 19.3 Å². The zero-order chi connectivity index (χ0) is 8.97. The molecule has 1 saturated heterocycles. The van der Waals surface area contributed by atoms with E-state index in [4.69, 9.17) is 9.47 Å². The summed E-state index contributed by atoms with van der Waals surface area (Å²) in [6.45, 7) is 6.41. The first kappa shape index (κ1) is 10.4. The van der Waals surface area contributed by atoms with Gasteiger partial charge in [-0.3, -0.25) is 0 Å². The average Bonchev–Trinajstić information content (AvgIpc) is 2.16. The highest BCUT2D eigenvalue weighted by atomic mass is 32.2. The van der Waals surface area contributed by atoms with Gasteiger partial charge in [-0.25, -0.2) is 0 Å². The van der Waals surface area contributed by atoms with Gasteiger partial charge < -0.3 is 9.47 Å². The minimum atomic E-state index is 0.0288. The summed E-state index contributed by atoms with van der Waals surface area (Å²) in [4.78, 5) is 0. The van der Waals surface area contributed by atoms with Gasteiger partial charge in [0.2, 0.25) is 0 Å². The van der Waals surface area contributed by atoms with Crippen molar-refractivity contribution in [3.8, 4) is 0 Å². The third-order valence-corrected chi connectivity index (χ3v) is 3.41. The summed E-state index contributed by atoms with van der Waals surface area (Å²) >= 11 is 1.81. The van der Waals surface area contributed by atoms with Gasteiger partial charge in [-0.2, -0.15) is 0 Å². The van der Waals surface area contributed by atoms with E-state index in [1.165, 1.54) is 0 Å². The summed E-state index contributed by atoms with van der Waals surface area (Å²) in [7, 11) is 0. The molecule has 12 heavy (non-hydrogen) atoms. The zero-order valence-electron chi connectivity index (χ0n) is 8.08. The van der Waals surface area contributed by atoms with Gasteiger partial charge in [0, 0.05) is 0 Å². The maximum Gasteiger partial charge on any atom is 0.160 e. The standard InChI is InChI=1S/C9H18O2S/c1-4-7-10-8(5-2)12-9(6-3)11-7/h7-9H,4-6H2,1-3H3. The van der Waals surface area contributed by atoms with Crippen LogP contribution in [0, 0.1) is 0 Å². The van der Waals surface area contributed by atoms with Crippen LogP contribution in [-0.4, -0.2) is 17.2 Å². The van der Waals surface area contributed by atoms with Crippen LogP contribution in [0.15, 0.2) is 0 Å². The summed E-state index contributed by atoms with van der Waals surface area (Å²) in [6.07, 6.45) is 3.12. The molecule has 0 aromatic heterocycles. The Morgan fingerprint density at radius 1 is 0.917 bits per heavy atom. The molecule has 0 bridgehead atoms. The van der Waals surface area contributed by atoms with Crippen LogP contribution in [0.5, 0.6) is 0 Å². The van der Waals surface area contributed by atoms with Crippen LogP contribution in [0.1, 0.15) is 40.0 Å². The largest absolute Gasteiger partial charge is 0.339 e. The van der Waals surface area contributed by atoms with Crippen molar-refractivity contribution in [3.05, 3.63) is 0 Å². The third-order valence-electron chi connectivity index (χ3n) is 1.91. The summed E-state index contributed by atoms with van der Waals surface area (Å²) in [5, 5.41) is 0. The number of rotatable bonds is 3. The summed E-state index contributed by atoms with van der Waals surface area (Å²) < 4.78 is 11.3. The Morgan fingerprint density at radius 2 is 1.42 bits per heavy atom. The van der Waals surface area contributed by atoms with E-state index in [0.29, 0.717) is 10.9 Å². The molecule has 2 atom stereocenters. The fourth-order valence-electron chi connectivity index (χ4n) is 1.18. The fraction of sp³-hybridized carbons (Fsp3) is 1.00. The molecule has 0 aromatic carbocycles. The Bertz CT molecular complexity index is 99.9. The average molecular weight is 190 g/mol. The van der Waals surface area contributed by atoms with Crippen LogP contribution in [0.25, 0.3) is 0 Å². The van der Waals surface area contributed by atoms with Crippen LogP contribution in [0.3, 0.4) is 0 Å². The molecule has 1 rings (SSSR count). The van der Waals surface area contributed by atoms with Crippen molar-refractivity contribution in [1.29, 1.82) is 0 Å². The van der Waals surface area contributed by atoms with Gasteiger partial charge in [0.25, 0.3) is 0 Å². The lowest BCUT2D eigenvalue weighted by Gasteiger charge is -2.34. The molecule has 0 N–H and O–H groups in total. The van der Waals surface area contributed by atoms with Crippen molar-refractivity contribution >= 4 is 11.8 Å². The predicted octanol–water partition coefficient (Wildman–Crippen LogP) is 2.97. The number of ether oxygens (including phenoxy) is 2. The van der Waals surface area contributed by atoms with E-state index in [1.807, 2.05) is 0 Å². The quantitative estimate of drug-likeness (QED) is 0.681. The van der Waals surface area contributed by atoms with Gasteiger partial charge in [0.1, 0.15) is 10.9 Å². The molecule has 0 aliphatic carbocycles. The molecule has 2 unspecified atom stereocenters. The molecule has 1 fully saturated rings. The minimum Gasteiger partial charge on any atom is -0.339 e. The normalized spacial score (nSPS) is 36.8. The number of thioether (sulfide) groups is 1. The second-order valence-corrected chi connectivity index (χ2v) is 4.25. The third kappa shape index (κ3) is 2.64. The smallest absolute Gasteiger partial charge is 0.160 e. The molecule has 0 spiro atoms. The highest BCUT2D eigenvalue weighted by Crippen LogP contribution is 2.32. The van der Waals surface area contributed by atoms with Gasteiger partial charge in [-0.15, -0.1) is 0 Å². The van der Waals surface area contributed by atoms with Crippen LogP contribution >= 0.6 is 11.8 Å². The molecule has 0 aromatic rings. The van der Waals surface area contributed by atoms with E-state index < -0.39 is 0 Å². The predicted molar refractivity (Wildman–Crippen MR) is 52.0 cm³/mol. The fourth-order valence-corrected chi connectivity index (χ4v) is 2.28. The lowest BCUT2D eigenvalue weighted by atomic mass is 10.4. The number of hydrogen-bond donors (Lipinski definition) is 0.